The molecular weight excluding hydrogens is 504 g/mol. The van der Waals surface area contributed by atoms with Gasteiger partial charge in [-0.3, -0.25) is 14.2 Å². The number of nitrogens with zero attached hydrogens (tertiary/aromatic N) is 2. The lowest BCUT2D eigenvalue weighted by Gasteiger charge is -2.25. The van der Waals surface area contributed by atoms with Gasteiger partial charge in [-0.1, -0.05) is 53.3 Å². The second-order valence-corrected chi connectivity index (χ2v) is 9.31. The second-order valence-electron chi connectivity index (χ2n) is 7.89. The normalized spacial score (nSPS) is 15.3. The summed E-state index contributed by atoms with van der Waals surface area (Å²) < 4.78 is 17.3. The smallest absolute Gasteiger partial charge is 0.338 e. The average molecular weight is 527 g/mol. The number of methoxy groups -OCH3 is 1. The van der Waals surface area contributed by atoms with Crippen LogP contribution in [0.5, 0.6) is 5.75 Å². The number of carbonyl (C=O) groups excluding carboxylic acids is 2. The molecule has 2 heterocycles. The lowest BCUT2D eigenvalue weighted by molar-refractivity contribution is -0.140. The Hall–Kier alpha value is -3.53. The molecular formula is C26H23ClN2O6S. The van der Waals surface area contributed by atoms with Crippen molar-refractivity contribution in [2.75, 3.05) is 20.3 Å². The highest BCUT2D eigenvalue weighted by atomic mass is 35.5. The summed E-state index contributed by atoms with van der Waals surface area (Å²) in [6, 6.07) is 13.0. The maximum atomic E-state index is 13.6. The first kappa shape index (κ1) is 25.6. The van der Waals surface area contributed by atoms with Crippen molar-refractivity contribution in [1.82, 2.24) is 4.57 Å². The van der Waals surface area contributed by atoms with Gasteiger partial charge in [-0.2, -0.15) is 0 Å². The van der Waals surface area contributed by atoms with Gasteiger partial charge in [0.1, 0.15) is 18.4 Å². The summed E-state index contributed by atoms with van der Waals surface area (Å²) in [6.07, 6.45) is 1.72. The fourth-order valence-corrected chi connectivity index (χ4v) is 5.10. The molecule has 0 aliphatic carbocycles. The Labute approximate surface area is 215 Å². The van der Waals surface area contributed by atoms with Gasteiger partial charge >= 0.3 is 11.9 Å². The molecule has 8 nitrogen and oxygen atoms in total. The van der Waals surface area contributed by atoms with E-state index < -0.39 is 18.0 Å². The minimum atomic E-state index is -0.807. The van der Waals surface area contributed by atoms with E-state index in [2.05, 4.69) is 4.99 Å². The van der Waals surface area contributed by atoms with Crippen molar-refractivity contribution in [3.05, 3.63) is 95.6 Å². The van der Waals surface area contributed by atoms with Gasteiger partial charge in [-0.05, 0) is 42.3 Å². The van der Waals surface area contributed by atoms with Crippen molar-refractivity contribution >= 4 is 41.0 Å². The molecule has 0 amide bonds. The Balaban J connectivity index is 1.83. The first-order valence-corrected chi connectivity index (χ1v) is 12.2. The number of hydrogen-bond donors (Lipinski definition) is 0. The number of fused-ring (bicyclic) bond motifs is 1. The predicted octanol–water partition coefficient (Wildman–Crippen LogP) is 3.00. The van der Waals surface area contributed by atoms with Gasteiger partial charge in [0.2, 0.25) is 0 Å². The Kier molecular flexibility index (Phi) is 7.83. The molecule has 10 heteroatoms. The largest absolute Gasteiger partial charge is 0.460 e. The van der Waals surface area contributed by atoms with Crippen molar-refractivity contribution in [1.29, 1.82) is 0 Å². The van der Waals surface area contributed by atoms with E-state index in [1.807, 2.05) is 0 Å². The molecule has 0 radical (unpaired) electrons. The zero-order chi connectivity index (χ0) is 25.8. The van der Waals surface area contributed by atoms with Crippen LogP contribution in [0.15, 0.2) is 69.6 Å². The molecule has 1 aliphatic rings. The molecule has 36 heavy (non-hydrogen) atoms. The average Bonchev–Trinajstić information content (AvgIpc) is 3.14. The van der Waals surface area contributed by atoms with Crippen LogP contribution in [0.3, 0.4) is 0 Å². The number of rotatable bonds is 7. The lowest BCUT2D eigenvalue weighted by Crippen LogP contribution is -2.40. The SMILES string of the molecule is COCCOC(=O)C1=C(C)N=c2sc(=Cc3ccc(OC(C)=O)cc3)c(=O)n2C1c1ccccc1Cl. The minimum Gasteiger partial charge on any atom is -0.460 e. The van der Waals surface area contributed by atoms with Crippen LogP contribution in [0.25, 0.3) is 6.08 Å². The highest BCUT2D eigenvalue weighted by Crippen LogP contribution is 2.34. The van der Waals surface area contributed by atoms with Crippen LogP contribution >= 0.6 is 22.9 Å². The molecule has 1 unspecified atom stereocenters. The third-order valence-corrected chi connectivity index (χ3v) is 6.73. The number of hydrogen-bond acceptors (Lipinski definition) is 8. The van der Waals surface area contributed by atoms with Crippen molar-refractivity contribution in [2.24, 2.45) is 4.99 Å². The van der Waals surface area contributed by atoms with Crippen LogP contribution in [0.2, 0.25) is 5.02 Å². The number of halogens is 1. The van der Waals surface area contributed by atoms with Crippen molar-refractivity contribution in [3.8, 4) is 5.75 Å². The van der Waals surface area contributed by atoms with Crippen molar-refractivity contribution in [3.63, 3.8) is 0 Å². The van der Waals surface area contributed by atoms with E-state index in [1.165, 1.54) is 29.9 Å². The standard InChI is InChI=1S/C26H23ClN2O6S/c1-15-22(25(32)34-13-12-33-3)23(19-6-4-5-7-20(19)27)29-24(31)21(36-26(29)28-15)14-17-8-10-18(11-9-17)35-16(2)30/h4-11,14,23H,12-13H2,1-3H3. The third-order valence-electron chi connectivity index (χ3n) is 5.40. The molecule has 0 saturated carbocycles. The number of benzene rings is 2. The van der Waals surface area contributed by atoms with Crippen LogP contribution in [0.4, 0.5) is 0 Å². The van der Waals surface area contributed by atoms with Gasteiger partial charge in [0.15, 0.2) is 4.80 Å². The van der Waals surface area contributed by atoms with Gasteiger partial charge in [0, 0.05) is 19.1 Å². The Bertz CT molecular complexity index is 1520. The summed E-state index contributed by atoms with van der Waals surface area (Å²) in [5.41, 5.74) is 1.69. The first-order valence-electron chi connectivity index (χ1n) is 11.0. The van der Waals surface area contributed by atoms with Crippen LogP contribution in [-0.2, 0) is 19.1 Å². The molecule has 1 atom stereocenters. The van der Waals surface area contributed by atoms with E-state index in [1.54, 1.807) is 61.5 Å². The summed E-state index contributed by atoms with van der Waals surface area (Å²) in [5, 5.41) is 0.412. The Morgan fingerprint density at radius 2 is 1.86 bits per heavy atom. The number of esters is 2. The van der Waals surface area contributed by atoms with E-state index in [-0.39, 0.29) is 24.3 Å². The van der Waals surface area contributed by atoms with Crippen LogP contribution in [0, 0.1) is 0 Å². The highest BCUT2D eigenvalue weighted by molar-refractivity contribution is 7.07. The lowest BCUT2D eigenvalue weighted by atomic mass is 9.96. The van der Waals surface area contributed by atoms with Crippen molar-refractivity contribution in [2.45, 2.75) is 19.9 Å². The number of ether oxygens (including phenoxy) is 3. The Morgan fingerprint density at radius 1 is 1.14 bits per heavy atom. The maximum Gasteiger partial charge on any atom is 0.338 e. The molecule has 0 saturated heterocycles. The van der Waals surface area contributed by atoms with Gasteiger partial charge in [0.05, 0.1) is 22.4 Å². The molecule has 1 aliphatic heterocycles. The molecule has 0 fully saturated rings. The monoisotopic (exact) mass is 526 g/mol. The van der Waals surface area contributed by atoms with Crippen LogP contribution in [-0.4, -0.2) is 36.8 Å². The fourth-order valence-electron chi connectivity index (χ4n) is 3.82. The number of carbonyl (C=O) groups is 2. The van der Waals surface area contributed by atoms with Gasteiger partial charge < -0.3 is 14.2 Å². The zero-order valence-electron chi connectivity index (χ0n) is 19.8. The van der Waals surface area contributed by atoms with Crippen molar-refractivity contribution < 1.29 is 23.8 Å². The minimum absolute atomic E-state index is 0.0646. The van der Waals surface area contributed by atoms with E-state index in [4.69, 9.17) is 25.8 Å². The molecule has 0 spiro atoms. The molecule has 3 aromatic rings. The van der Waals surface area contributed by atoms with E-state index in [0.29, 0.717) is 31.4 Å². The number of thiazole rings is 1. The van der Waals surface area contributed by atoms with E-state index >= 15 is 0 Å². The third kappa shape index (κ3) is 5.33. The van der Waals surface area contributed by atoms with Gasteiger partial charge in [-0.25, -0.2) is 9.79 Å². The zero-order valence-corrected chi connectivity index (χ0v) is 21.4. The van der Waals surface area contributed by atoms with E-state index in [9.17, 15) is 14.4 Å². The number of allylic oxidation sites excluding steroid dienone is 1. The quantitative estimate of drug-likeness (QED) is 0.267. The summed E-state index contributed by atoms with van der Waals surface area (Å²) in [6.45, 7) is 3.34. The van der Waals surface area contributed by atoms with Crippen LogP contribution < -0.4 is 19.6 Å². The molecule has 186 valence electrons. The molecule has 0 N–H and O–H groups in total. The Morgan fingerprint density at radius 3 is 2.53 bits per heavy atom. The van der Waals surface area contributed by atoms with Gasteiger partial charge in [-0.15, -0.1) is 0 Å². The molecule has 1 aromatic heterocycles. The van der Waals surface area contributed by atoms with E-state index in [0.717, 1.165) is 5.56 Å². The first-order chi connectivity index (χ1) is 17.3. The molecule has 4 rings (SSSR count). The summed E-state index contributed by atoms with van der Waals surface area (Å²) in [7, 11) is 1.51. The molecule has 0 bridgehead atoms. The fraction of sp³-hybridized carbons (Fsp3) is 0.231. The number of aromatic nitrogens is 1. The van der Waals surface area contributed by atoms with Crippen LogP contribution in [0.1, 0.15) is 31.0 Å². The summed E-state index contributed by atoms with van der Waals surface area (Å²) >= 11 is 7.74. The second kappa shape index (κ2) is 11.0. The summed E-state index contributed by atoms with van der Waals surface area (Å²) in [4.78, 5) is 42.9. The molecule has 2 aromatic carbocycles. The highest BCUT2D eigenvalue weighted by Gasteiger charge is 2.34. The topological polar surface area (TPSA) is 96.2 Å². The predicted molar refractivity (Wildman–Crippen MR) is 136 cm³/mol. The van der Waals surface area contributed by atoms with Gasteiger partial charge in [0.25, 0.3) is 5.56 Å². The maximum absolute atomic E-state index is 13.6. The summed E-state index contributed by atoms with van der Waals surface area (Å²) in [5.74, 6) is -0.594.